The molecule has 4 aliphatic rings. The van der Waals surface area contributed by atoms with Gasteiger partial charge in [-0.2, -0.15) is 0 Å². The predicted molar refractivity (Wildman–Crippen MR) is 144 cm³/mol. The summed E-state index contributed by atoms with van der Waals surface area (Å²) in [6.07, 6.45) is 16.6. The maximum absolute atomic E-state index is 11.7. The SMILES string of the molecule is C=C(C)C(=O)OC12CC3CC(CC(C3)C1)C2.CCc1ccc(C=CC=Cc2ccc(O)cc2)cc1. The Bertz CT molecular complexity index is 1040. The van der Waals surface area contributed by atoms with Gasteiger partial charge in [-0.1, -0.05) is 74.2 Å². The third-order valence-electron chi connectivity index (χ3n) is 7.61. The van der Waals surface area contributed by atoms with Crippen molar-refractivity contribution < 1.29 is 14.6 Å². The highest BCUT2D eigenvalue weighted by Gasteiger charge is 2.53. The van der Waals surface area contributed by atoms with E-state index in [1.807, 2.05) is 30.4 Å². The molecule has 4 fully saturated rings. The van der Waals surface area contributed by atoms with Gasteiger partial charge >= 0.3 is 5.97 Å². The second-order valence-corrected chi connectivity index (χ2v) is 10.7. The van der Waals surface area contributed by atoms with Gasteiger partial charge in [-0.15, -0.1) is 0 Å². The number of benzene rings is 2. The lowest BCUT2D eigenvalue weighted by Gasteiger charge is -2.55. The van der Waals surface area contributed by atoms with Gasteiger partial charge in [-0.05, 0) is 98.4 Å². The molecule has 0 unspecified atom stereocenters. The van der Waals surface area contributed by atoms with E-state index in [-0.39, 0.29) is 11.6 Å². The number of hydrogen-bond donors (Lipinski definition) is 1. The molecule has 0 aromatic heterocycles. The van der Waals surface area contributed by atoms with Crippen molar-refractivity contribution in [2.45, 2.75) is 64.4 Å². The molecule has 4 bridgehead atoms. The molecule has 0 radical (unpaired) electrons. The number of aryl methyl sites for hydroxylation is 1. The molecule has 3 nitrogen and oxygen atoms in total. The lowest BCUT2D eigenvalue weighted by Crippen LogP contribution is -2.52. The summed E-state index contributed by atoms with van der Waals surface area (Å²) in [7, 11) is 0. The molecule has 2 aromatic rings. The molecular weight excluding hydrogens is 432 g/mol. The van der Waals surface area contributed by atoms with Crippen molar-refractivity contribution >= 4 is 18.1 Å². The molecule has 4 saturated carbocycles. The fourth-order valence-corrected chi connectivity index (χ4v) is 6.22. The second kappa shape index (κ2) is 11.1. The molecule has 0 amide bonds. The van der Waals surface area contributed by atoms with E-state index in [9.17, 15) is 9.90 Å². The van der Waals surface area contributed by atoms with Crippen LogP contribution < -0.4 is 0 Å². The van der Waals surface area contributed by atoms with E-state index in [1.165, 1.54) is 30.4 Å². The Labute approximate surface area is 210 Å². The Morgan fingerprint density at radius 1 is 0.914 bits per heavy atom. The smallest absolute Gasteiger partial charge is 0.333 e. The third kappa shape index (κ3) is 6.75. The summed E-state index contributed by atoms with van der Waals surface area (Å²) in [6, 6.07) is 15.7. The van der Waals surface area contributed by atoms with Crippen LogP contribution in [0.2, 0.25) is 0 Å². The number of ether oxygens (including phenoxy) is 1. The number of aromatic hydroxyl groups is 1. The molecule has 0 aliphatic heterocycles. The Morgan fingerprint density at radius 3 is 1.80 bits per heavy atom. The number of phenolic OH excluding ortho intramolecular Hbond substituents is 1. The first-order chi connectivity index (χ1) is 16.8. The van der Waals surface area contributed by atoms with Crippen molar-refractivity contribution in [3.8, 4) is 5.75 Å². The Morgan fingerprint density at radius 2 is 1.37 bits per heavy atom. The zero-order valence-corrected chi connectivity index (χ0v) is 21.1. The van der Waals surface area contributed by atoms with Gasteiger partial charge in [0.1, 0.15) is 11.4 Å². The average molecular weight is 471 g/mol. The molecule has 6 rings (SSSR count). The largest absolute Gasteiger partial charge is 0.508 e. The molecule has 184 valence electrons. The summed E-state index contributed by atoms with van der Waals surface area (Å²) in [5, 5.41) is 9.18. The molecular formula is C32H38O3. The third-order valence-corrected chi connectivity index (χ3v) is 7.61. The van der Waals surface area contributed by atoms with Crippen LogP contribution in [0.5, 0.6) is 5.75 Å². The fourth-order valence-electron chi connectivity index (χ4n) is 6.22. The minimum absolute atomic E-state index is 0.106. The van der Waals surface area contributed by atoms with Gasteiger partial charge in [0.25, 0.3) is 0 Å². The molecule has 1 N–H and O–H groups in total. The van der Waals surface area contributed by atoms with E-state index in [0.717, 1.165) is 49.0 Å². The van der Waals surface area contributed by atoms with E-state index >= 15 is 0 Å². The number of phenols is 1. The predicted octanol–water partition coefficient (Wildman–Crippen LogP) is 7.76. The molecule has 4 aliphatic carbocycles. The van der Waals surface area contributed by atoms with E-state index < -0.39 is 0 Å². The number of carbonyl (C=O) groups excluding carboxylic acids is 1. The number of esters is 1. The molecule has 35 heavy (non-hydrogen) atoms. The maximum Gasteiger partial charge on any atom is 0.333 e. The van der Waals surface area contributed by atoms with Crippen LogP contribution in [0.25, 0.3) is 12.2 Å². The second-order valence-electron chi connectivity index (χ2n) is 10.7. The van der Waals surface area contributed by atoms with E-state index in [4.69, 9.17) is 4.74 Å². The first-order valence-corrected chi connectivity index (χ1v) is 13.0. The normalized spacial score (nSPS) is 26.5. The first-order valence-electron chi connectivity index (χ1n) is 13.0. The van der Waals surface area contributed by atoms with Crippen LogP contribution in [-0.4, -0.2) is 16.7 Å². The van der Waals surface area contributed by atoms with Crippen molar-refractivity contribution in [1.29, 1.82) is 0 Å². The van der Waals surface area contributed by atoms with Crippen LogP contribution in [-0.2, 0) is 16.0 Å². The Kier molecular flexibility index (Phi) is 7.95. The van der Waals surface area contributed by atoms with Crippen molar-refractivity contribution in [2.75, 3.05) is 0 Å². The molecule has 3 heteroatoms. The summed E-state index contributed by atoms with van der Waals surface area (Å²) >= 11 is 0. The topological polar surface area (TPSA) is 46.5 Å². The summed E-state index contributed by atoms with van der Waals surface area (Å²) in [5.74, 6) is 2.59. The average Bonchev–Trinajstić information content (AvgIpc) is 2.82. The number of carbonyl (C=O) groups is 1. The number of rotatable bonds is 6. The van der Waals surface area contributed by atoms with Crippen LogP contribution >= 0.6 is 0 Å². The van der Waals surface area contributed by atoms with Crippen molar-refractivity contribution in [3.63, 3.8) is 0 Å². The van der Waals surface area contributed by atoms with Crippen LogP contribution in [0.4, 0.5) is 0 Å². The van der Waals surface area contributed by atoms with E-state index in [0.29, 0.717) is 11.3 Å². The molecule has 0 saturated heterocycles. The minimum Gasteiger partial charge on any atom is -0.508 e. The Balaban J connectivity index is 0.000000167. The Hall–Kier alpha value is -3.07. The van der Waals surface area contributed by atoms with Crippen molar-refractivity contribution in [1.82, 2.24) is 0 Å². The van der Waals surface area contributed by atoms with Crippen LogP contribution in [0.3, 0.4) is 0 Å². The van der Waals surface area contributed by atoms with Crippen LogP contribution in [0.1, 0.15) is 69.1 Å². The zero-order valence-electron chi connectivity index (χ0n) is 21.1. The monoisotopic (exact) mass is 470 g/mol. The zero-order chi connectivity index (χ0) is 24.8. The van der Waals surface area contributed by atoms with Gasteiger partial charge in [0, 0.05) is 5.57 Å². The first kappa shape index (κ1) is 25.0. The summed E-state index contributed by atoms with van der Waals surface area (Å²) < 4.78 is 5.77. The van der Waals surface area contributed by atoms with Gasteiger partial charge in [0.15, 0.2) is 0 Å². The lowest BCUT2D eigenvalue weighted by molar-refractivity contribution is -0.182. The molecule has 0 heterocycles. The van der Waals surface area contributed by atoms with Crippen LogP contribution in [0.15, 0.2) is 72.8 Å². The van der Waals surface area contributed by atoms with Gasteiger partial charge < -0.3 is 9.84 Å². The summed E-state index contributed by atoms with van der Waals surface area (Å²) in [4.78, 5) is 11.7. The van der Waals surface area contributed by atoms with Crippen molar-refractivity contribution in [3.05, 3.63) is 89.5 Å². The quantitative estimate of drug-likeness (QED) is 0.267. The molecule has 0 spiro atoms. The maximum atomic E-state index is 11.7. The number of allylic oxidation sites excluding steroid dienone is 2. The number of hydrogen-bond acceptors (Lipinski definition) is 3. The minimum atomic E-state index is -0.179. The van der Waals surface area contributed by atoms with E-state index in [1.54, 1.807) is 19.1 Å². The highest BCUT2D eigenvalue weighted by atomic mass is 16.6. The fraction of sp³-hybridized carbons (Fsp3) is 0.406. The van der Waals surface area contributed by atoms with Gasteiger partial charge in [0.05, 0.1) is 0 Å². The highest BCUT2D eigenvalue weighted by molar-refractivity contribution is 5.87. The van der Waals surface area contributed by atoms with E-state index in [2.05, 4.69) is 43.8 Å². The van der Waals surface area contributed by atoms with Gasteiger partial charge in [-0.3, -0.25) is 0 Å². The van der Waals surface area contributed by atoms with Crippen LogP contribution in [0, 0.1) is 17.8 Å². The summed E-state index contributed by atoms with van der Waals surface area (Å²) in [6.45, 7) is 7.58. The highest BCUT2D eigenvalue weighted by Crippen LogP contribution is 2.57. The molecule has 0 atom stereocenters. The van der Waals surface area contributed by atoms with Gasteiger partial charge in [-0.25, -0.2) is 4.79 Å². The van der Waals surface area contributed by atoms with Gasteiger partial charge in [0.2, 0.25) is 0 Å². The lowest BCUT2D eigenvalue weighted by atomic mass is 9.54. The van der Waals surface area contributed by atoms with Crippen molar-refractivity contribution in [2.24, 2.45) is 17.8 Å². The standard InChI is InChI=1S/C18H18O.C14H20O2/c1-2-15-7-9-16(10-8-15)5-3-4-6-17-11-13-18(19)14-12-17;1-9(2)13(15)16-14-6-10-3-11(7-14)5-12(4-10)8-14/h3-14,19H,2H2,1H3;10-12H,1,3-8H2,2H3. The summed E-state index contributed by atoms with van der Waals surface area (Å²) in [5.41, 5.74) is 4.06. The molecule has 2 aromatic carbocycles.